The van der Waals surface area contributed by atoms with E-state index in [1.807, 2.05) is 11.8 Å². The standard InChI is InChI=1S/C12H27N3OS/c1-4-6-9-16-10-7-14-12(13-5-2)15-8-11-17-3/h4-11H2,1-3H3,(H2,13,14,15). The second-order valence-electron chi connectivity index (χ2n) is 3.65. The Morgan fingerprint density at radius 2 is 2.06 bits per heavy atom. The molecular weight excluding hydrogens is 234 g/mol. The average molecular weight is 261 g/mol. The predicted molar refractivity (Wildman–Crippen MR) is 78.1 cm³/mol. The van der Waals surface area contributed by atoms with Crippen LogP contribution in [0.1, 0.15) is 26.7 Å². The van der Waals surface area contributed by atoms with E-state index in [1.54, 1.807) is 0 Å². The molecule has 0 amide bonds. The van der Waals surface area contributed by atoms with Crippen LogP contribution in [0.15, 0.2) is 4.99 Å². The Kier molecular flexibility index (Phi) is 13.3. The van der Waals surface area contributed by atoms with Crippen molar-refractivity contribution in [2.24, 2.45) is 4.99 Å². The summed E-state index contributed by atoms with van der Waals surface area (Å²) in [4.78, 5) is 4.44. The van der Waals surface area contributed by atoms with E-state index in [0.29, 0.717) is 6.61 Å². The highest BCUT2D eigenvalue weighted by atomic mass is 32.2. The van der Waals surface area contributed by atoms with Crippen LogP contribution in [-0.4, -0.2) is 50.8 Å². The van der Waals surface area contributed by atoms with E-state index in [4.69, 9.17) is 4.74 Å². The van der Waals surface area contributed by atoms with Crippen LogP contribution in [0.4, 0.5) is 0 Å². The average Bonchev–Trinajstić information content (AvgIpc) is 2.34. The van der Waals surface area contributed by atoms with Crippen molar-refractivity contribution in [2.45, 2.75) is 26.7 Å². The Hall–Kier alpha value is -0.420. The Labute approximate surface area is 110 Å². The molecule has 17 heavy (non-hydrogen) atoms. The van der Waals surface area contributed by atoms with Crippen LogP contribution < -0.4 is 10.6 Å². The first-order valence-corrected chi connectivity index (χ1v) is 7.83. The lowest BCUT2D eigenvalue weighted by Gasteiger charge is -2.10. The molecule has 5 heteroatoms. The zero-order valence-corrected chi connectivity index (χ0v) is 12.2. The van der Waals surface area contributed by atoms with Crippen LogP contribution in [0, 0.1) is 0 Å². The minimum atomic E-state index is 0.707. The van der Waals surface area contributed by atoms with Gasteiger partial charge in [-0.1, -0.05) is 13.3 Å². The summed E-state index contributed by atoms with van der Waals surface area (Å²) < 4.78 is 5.46. The maximum atomic E-state index is 5.46. The van der Waals surface area contributed by atoms with Gasteiger partial charge in [0.15, 0.2) is 5.96 Å². The van der Waals surface area contributed by atoms with E-state index in [9.17, 15) is 0 Å². The molecule has 2 N–H and O–H groups in total. The van der Waals surface area contributed by atoms with Gasteiger partial charge in [0.2, 0.25) is 0 Å². The van der Waals surface area contributed by atoms with Gasteiger partial charge in [-0.05, 0) is 19.6 Å². The third-order valence-electron chi connectivity index (χ3n) is 2.09. The maximum absolute atomic E-state index is 5.46. The number of rotatable bonds is 10. The molecule has 0 saturated carbocycles. The van der Waals surface area contributed by atoms with Gasteiger partial charge < -0.3 is 15.4 Å². The molecule has 0 bridgehead atoms. The first-order valence-electron chi connectivity index (χ1n) is 6.44. The Bertz CT molecular complexity index is 189. The second kappa shape index (κ2) is 13.6. The summed E-state index contributed by atoms with van der Waals surface area (Å²) in [7, 11) is 0. The van der Waals surface area contributed by atoms with E-state index in [0.717, 1.165) is 44.4 Å². The van der Waals surface area contributed by atoms with Gasteiger partial charge in [-0.2, -0.15) is 11.8 Å². The van der Waals surface area contributed by atoms with E-state index in [1.165, 1.54) is 6.42 Å². The van der Waals surface area contributed by atoms with Gasteiger partial charge in [0.05, 0.1) is 13.2 Å². The van der Waals surface area contributed by atoms with Crippen molar-refractivity contribution in [3.8, 4) is 0 Å². The molecule has 0 rings (SSSR count). The Balaban J connectivity index is 3.62. The lowest BCUT2D eigenvalue weighted by atomic mass is 10.4. The van der Waals surface area contributed by atoms with E-state index in [2.05, 4.69) is 35.7 Å². The topological polar surface area (TPSA) is 45.6 Å². The SMILES string of the molecule is CCCCOCCN=C(NCC)NCCSC. The molecule has 0 fully saturated rings. The monoisotopic (exact) mass is 261 g/mol. The van der Waals surface area contributed by atoms with Crippen molar-refractivity contribution in [1.82, 2.24) is 10.6 Å². The summed E-state index contributed by atoms with van der Waals surface area (Å²) >= 11 is 1.83. The van der Waals surface area contributed by atoms with Gasteiger partial charge in [-0.15, -0.1) is 0 Å². The second-order valence-corrected chi connectivity index (χ2v) is 4.63. The number of nitrogens with zero attached hydrogens (tertiary/aromatic N) is 1. The summed E-state index contributed by atoms with van der Waals surface area (Å²) in [6.45, 7) is 8.36. The summed E-state index contributed by atoms with van der Waals surface area (Å²) in [6, 6.07) is 0. The molecule has 0 aliphatic heterocycles. The highest BCUT2D eigenvalue weighted by Crippen LogP contribution is 1.88. The van der Waals surface area contributed by atoms with Crippen LogP contribution >= 0.6 is 11.8 Å². The predicted octanol–water partition coefficient (Wildman–Crippen LogP) is 1.72. The van der Waals surface area contributed by atoms with E-state index >= 15 is 0 Å². The first kappa shape index (κ1) is 16.6. The van der Waals surface area contributed by atoms with Crippen LogP contribution in [0.3, 0.4) is 0 Å². The summed E-state index contributed by atoms with van der Waals surface area (Å²) in [6.07, 6.45) is 4.42. The number of unbranched alkanes of at least 4 members (excludes halogenated alkanes) is 1. The van der Waals surface area contributed by atoms with Gasteiger partial charge in [-0.3, -0.25) is 4.99 Å². The first-order chi connectivity index (χ1) is 8.35. The van der Waals surface area contributed by atoms with Gasteiger partial charge in [0, 0.05) is 25.4 Å². The van der Waals surface area contributed by atoms with Crippen molar-refractivity contribution in [2.75, 3.05) is 44.9 Å². The molecule has 102 valence electrons. The molecule has 0 aromatic heterocycles. The highest BCUT2D eigenvalue weighted by molar-refractivity contribution is 7.98. The number of thioether (sulfide) groups is 1. The van der Waals surface area contributed by atoms with Crippen molar-refractivity contribution >= 4 is 17.7 Å². The number of hydrogen-bond donors (Lipinski definition) is 2. The van der Waals surface area contributed by atoms with Crippen molar-refractivity contribution < 1.29 is 4.74 Å². The van der Waals surface area contributed by atoms with Gasteiger partial charge in [0.25, 0.3) is 0 Å². The van der Waals surface area contributed by atoms with Crippen LogP contribution in [-0.2, 0) is 4.74 Å². The smallest absolute Gasteiger partial charge is 0.191 e. The molecule has 0 spiro atoms. The summed E-state index contributed by atoms with van der Waals surface area (Å²) in [5.74, 6) is 1.98. The van der Waals surface area contributed by atoms with Gasteiger partial charge in [0.1, 0.15) is 0 Å². The van der Waals surface area contributed by atoms with E-state index < -0.39 is 0 Å². The highest BCUT2D eigenvalue weighted by Gasteiger charge is 1.95. The Morgan fingerprint density at radius 3 is 2.71 bits per heavy atom. The molecule has 0 heterocycles. The molecule has 0 unspecified atom stereocenters. The van der Waals surface area contributed by atoms with Crippen molar-refractivity contribution in [3.05, 3.63) is 0 Å². The number of nitrogens with one attached hydrogen (secondary N) is 2. The molecule has 0 aromatic rings. The molecule has 0 saturated heterocycles. The molecule has 0 aromatic carbocycles. The molecule has 4 nitrogen and oxygen atoms in total. The number of guanidine groups is 1. The normalized spacial score (nSPS) is 11.6. The Morgan fingerprint density at radius 1 is 1.24 bits per heavy atom. The lowest BCUT2D eigenvalue weighted by molar-refractivity contribution is 0.139. The van der Waals surface area contributed by atoms with E-state index in [-0.39, 0.29) is 0 Å². The lowest BCUT2D eigenvalue weighted by Crippen LogP contribution is -2.38. The molecule has 0 atom stereocenters. The zero-order chi connectivity index (χ0) is 12.8. The fourth-order valence-corrected chi connectivity index (χ4v) is 1.49. The third kappa shape index (κ3) is 11.8. The van der Waals surface area contributed by atoms with Gasteiger partial charge >= 0.3 is 0 Å². The minimum absolute atomic E-state index is 0.707. The molecule has 0 aliphatic rings. The van der Waals surface area contributed by atoms with Crippen molar-refractivity contribution in [1.29, 1.82) is 0 Å². The summed E-state index contributed by atoms with van der Waals surface area (Å²) in [5, 5.41) is 6.50. The quantitative estimate of drug-likeness (QED) is 0.357. The fraction of sp³-hybridized carbons (Fsp3) is 0.917. The fourth-order valence-electron chi connectivity index (χ4n) is 1.18. The van der Waals surface area contributed by atoms with Crippen LogP contribution in [0.2, 0.25) is 0 Å². The third-order valence-corrected chi connectivity index (χ3v) is 2.70. The largest absolute Gasteiger partial charge is 0.380 e. The van der Waals surface area contributed by atoms with Gasteiger partial charge in [-0.25, -0.2) is 0 Å². The summed E-state index contributed by atoms with van der Waals surface area (Å²) in [5.41, 5.74) is 0. The van der Waals surface area contributed by atoms with Crippen LogP contribution in [0.25, 0.3) is 0 Å². The molecular formula is C12H27N3OS. The van der Waals surface area contributed by atoms with Crippen molar-refractivity contribution in [3.63, 3.8) is 0 Å². The van der Waals surface area contributed by atoms with Crippen LogP contribution in [0.5, 0.6) is 0 Å². The maximum Gasteiger partial charge on any atom is 0.191 e. The minimum Gasteiger partial charge on any atom is -0.380 e. The molecule has 0 aliphatic carbocycles. The zero-order valence-electron chi connectivity index (χ0n) is 11.4. The number of aliphatic imine (C=N–C) groups is 1. The number of hydrogen-bond acceptors (Lipinski definition) is 3. The number of ether oxygens (including phenoxy) is 1. The molecule has 0 radical (unpaired) electrons.